The smallest absolute Gasteiger partial charge is 0.129 e. The van der Waals surface area contributed by atoms with Crippen LogP contribution in [0.2, 0.25) is 5.02 Å². The van der Waals surface area contributed by atoms with Crippen LogP contribution in [0.1, 0.15) is 49.7 Å². The molecule has 0 radical (unpaired) electrons. The van der Waals surface area contributed by atoms with Gasteiger partial charge in [0.15, 0.2) is 0 Å². The molecule has 0 unspecified atom stereocenters. The highest BCUT2D eigenvalue weighted by Crippen LogP contribution is 2.55. The van der Waals surface area contributed by atoms with E-state index in [1.165, 1.54) is 44.6 Å². The number of ether oxygens (including phenoxy) is 1. The topological polar surface area (TPSA) is 21.3 Å². The zero-order chi connectivity index (χ0) is 19.1. The van der Waals surface area contributed by atoms with Gasteiger partial charge in [-0.25, -0.2) is 4.39 Å². The van der Waals surface area contributed by atoms with Crippen molar-refractivity contribution in [1.29, 1.82) is 0 Å². The van der Waals surface area contributed by atoms with Gasteiger partial charge in [-0.1, -0.05) is 29.8 Å². The van der Waals surface area contributed by atoms with Gasteiger partial charge in [-0.3, -0.25) is 0 Å². The molecule has 1 N–H and O–H groups in total. The zero-order valence-electron chi connectivity index (χ0n) is 16.1. The van der Waals surface area contributed by atoms with Crippen molar-refractivity contribution in [2.45, 2.75) is 57.2 Å². The number of halogens is 2. The van der Waals surface area contributed by atoms with Crippen molar-refractivity contribution in [3.8, 4) is 5.75 Å². The molecular weight excluding hydrogens is 373 g/mol. The molecule has 4 aliphatic carbocycles. The van der Waals surface area contributed by atoms with E-state index in [2.05, 4.69) is 5.32 Å². The van der Waals surface area contributed by atoms with Gasteiger partial charge in [0, 0.05) is 28.2 Å². The third kappa shape index (κ3) is 3.67. The Labute approximate surface area is 171 Å². The molecule has 4 saturated carbocycles. The van der Waals surface area contributed by atoms with E-state index in [4.69, 9.17) is 16.3 Å². The molecule has 28 heavy (non-hydrogen) atoms. The Morgan fingerprint density at radius 3 is 2.32 bits per heavy atom. The van der Waals surface area contributed by atoms with Crippen molar-refractivity contribution < 1.29 is 9.13 Å². The van der Waals surface area contributed by atoms with E-state index in [0.29, 0.717) is 16.1 Å². The summed E-state index contributed by atoms with van der Waals surface area (Å²) in [7, 11) is 0. The number of hydrogen-bond donors (Lipinski definition) is 1. The van der Waals surface area contributed by atoms with E-state index in [9.17, 15) is 4.39 Å². The zero-order valence-corrected chi connectivity index (χ0v) is 16.9. The summed E-state index contributed by atoms with van der Waals surface area (Å²) in [6.07, 6.45) is 8.25. The minimum atomic E-state index is -0.232. The molecule has 0 saturated heterocycles. The average molecular weight is 400 g/mol. The predicted octanol–water partition coefficient (Wildman–Crippen LogP) is 6.12. The van der Waals surface area contributed by atoms with Crippen LogP contribution >= 0.6 is 11.6 Å². The van der Waals surface area contributed by atoms with Crippen LogP contribution in [0.4, 0.5) is 4.39 Å². The molecular formula is C24H27ClFNO. The van der Waals surface area contributed by atoms with Crippen LogP contribution in [0.15, 0.2) is 42.5 Å². The second-order valence-electron chi connectivity index (χ2n) is 9.18. The number of rotatable bonds is 6. The Balaban J connectivity index is 1.30. The summed E-state index contributed by atoms with van der Waals surface area (Å²) < 4.78 is 19.9. The molecule has 0 atom stereocenters. The van der Waals surface area contributed by atoms with Gasteiger partial charge in [-0.2, -0.15) is 0 Å². The lowest BCUT2D eigenvalue weighted by atomic mass is 9.53. The molecule has 4 bridgehead atoms. The molecule has 4 aliphatic rings. The Kier molecular flexibility index (Phi) is 4.84. The summed E-state index contributed by atoms with van der Waals surface area (Å²) in [4.78, 5) is 0. The first-order valence-electron chi connectivity index (χ1n) is 10.5. The second kappa shape index (κ2) is 7.35. The van der Waals surface area contributed by atoms with Crippen LogP contribution in [0.25, 0.3) is 0 Å². The fourth-order valence-electron chi connectivity index (χ4n) is 6.21. The molecule has 4 heteroatoms. The monoisotopic (exact) mass is 399 g/mol. The first-order chi connectivity index (χ1) is 13.6. The Bertz CT molecular complexity index is 832. The van der Waals surface area contributed by atoms with Gasteiger partial charge in [-0.05, 0) is 80.5 Å². The maximum absolute atomic E-state index is 13.9. The summed E-state index contributed by atoms with van der Waals surface area (Å²) in [6.45, 7) is 0.970. The van der Waals surface area contributed by atoms with E-state index in [-0.39, 0.29) is 12.4 Å². The fourth-order valence-corrected chi connectivity index (χ4v) is 6.40. The normalized spacial score (nSPS) is 30.6. The van der Waals surface area contributed by atoms with E-state index < -0.39 is 0 Å². The SMILES string of the molecule is Fc1ccccc1COc1ccc(Cl)cc1CNC12CC3CC(CC(C3)C1)C2. The predicted molar refractivity (Wildman–Crippen MR) is 110 cm³/mol. The van der Waals surface area contributed by atoms with Crippen LogP contribution < -0.4 is 10.1 Å². The molecule has 0 aromatic heterocycles. The molecule has 0 heterocycles. The highest BCUT2D eigenvalue weighted by atomic mass is 35.5. The lowest BCUT2D eigenvalue weighted by Crippen LogP contribution is -2.58. The highest BCUT2D eigenvalue weighted by Gasteiger charge is 2.50. The van der Waals surface area contributed by atoms with Crippen molar-refractivity contribution >= 4 is 11.6 Å². The number of benzene rings is 2. The van der Waals surface area contributed by atoms with Gasteiger partial charge < -0.3 is 10.1 Å². The largest absolute Gasteiger partial charge is 0.488 e. The Morgan fingerprint density at radius 2 is 1.64 bits per heavy atom. The first kappa shape index (κ1) is 18.4. The van der Waals surface area contributed by atoms with E-state index in [0.717, 1.165) is 35.6 Å². The van der Waals surface area contributed by atoms with E-state index in [1.807, 2.05) is 24.3 Å². The maximum atomic E-state index is 13.9. The highest BCUT2D eigenvalue weighted by molar-refractivity contribution is 6.30. The van der Waals surface area contributed by atoms with E-state index in [1.54, 1.807) is 12.1 Å². The van der Waals surface area contributed by atoms with Crippen LogP contribution in [0.5, 0.6) is 5.75 Å². The molecule has 4 fully saturated rings. The number of nitrogens with one attached hydrogen (secondary N) is 1. The van der Waals surface area contributed by atoms with Crippen molar-refractivity contribution in [2.75, 3.05) is 0 Å². The van der Waals surface area contributed by atoms with Gasteiger partial charge in [0.25, 0.3) is 0 Å². The molecule has 2 aromatic rings. The molecule has 2 aromatic carbocycles. The van der Waals surface area contributed by atoms with E-state index >= 15 is 0 Å². The minimum Gasteiger partial charge on any atom is -0.488 e. The summed E-state index contributed by atoms with van der Waals surface area (Å²) >= 11 is 6.27. The van der Waals surface area contributed by atoms with Crippen LogP contribution in [-0.2, 0) is 13.2 Å². The molecule has 2 nitrogen and oxygen atoms in total. The first-order valence-corrected chi connectivity index (χ1v) is 10.9. The summed E-state index contributed by atoms with van der Waals surface area (Å²) in [5, 5.41) is 4.62. The molecule has 6 rings (SSSR count). The quantitative estimate of drug-likeness (QED) is 0.632. The van der Waals surface area contributed by atoms with Crippen molar-refractivity contribution in [1.82, 2.24) is 5.32 Å². The summed E-state index contributed by atoms with van der Waals surface area (Å²) in [5.41, 5.74) is 1.91. The molecule has 0 spiro atoms. The second-order valence-corrected chi connectivity index (χ2v) is 9.62. The number of hydrogen-bond acceptors (Lipinski definition) is 2. The lowest BCUT2D eigenvalue weighted by Gasteiger charge is -2.57. The van der Waals surface area contributed by atoms with Gasteiger partial charge in [0.1, 0.15) is 18.2 Å². The molecule has 0 aliphatic heterocycles. The average Bonchev–Trinajstić information content (AvgIpc) is 2.66. The van der Waals surface area contributed by atoms with Crippen molar-refractivity contribution in [3.05, 3.63) is 64.4 Å². The van der Waals surface area contributed by atoms with Gasteiger partial charge in [0.2, 0.25) is 0 Å². The fraction of sp³-hybridized carbons (Fsp3) is 0.500. The third-order valence-electron chi connectivity index (χ3n) is 7.06. The summed E-state index contributed by atoms with van der Waals surface area (Å²) in [6, 6.07) is 12.5. The van der Waals surface area contributed by atoms with Crippen LogP contribution in [-0.4, -0.2) is 5.54 Å². The summed E-state index contributed by atoms with van der Waals surface area (Å²) in [5.74, 6) is 3.29. The Morgan fingerprint density at radius 1 is 0.964 bits per heavy atom. The van der Waals surface area contributed by atoms with Crippen molar-refractivity contribution in [3.63, 3.8) is 0 Å². The maximum Gasteiger partial charge on any atom is 0.129 e. The van der Waals surface area contributed by atoms with Crippen LogP contribution in [0, 0.1) is 23.6 Å². The standard InChI is InChI=1S/C24H27ClFNO/c25-21-5-6-23(28-15-19-3-1-2-4-22(19)26)20(10-21)14-27-24-11-16-7-17(12-24)9-18(8-16)13-24/h1-6,10,16-18,27H,7-9,11-15H2. The van der Waals surface area contributed by atoms with Gasteiger partial charge in [0.05, 0.1) is 0 Å². The van der Waals surface area contributed by atoms with Crippen molar-refractivity contribution in [2.24, 2.45) is 17.8 Å². The molecule has 148 valence electrons. The van der Waals surface area contributed by atoms with Crippen LogP contribution in [0.3, 0.4) is 0 Å². The third-order valence-corrected chi connectivity index (χ3v) is 7.29. The van der Waals surface area contributed by atoms with Gasteiger partial charge >= 0.3 is 0 Å². The molecule has 0 amide bonds. The minimum absolute atomic E-state index is 0.221. The lowest BCUT2D eigenvalue weighted by molar-refractivity contribution is -0.0206. The van der Waals surface area contributed by atoms with Gasteiger partial charge in [-0.15, -0.1) is 0 Å². The Hall–Kier alpha value is -1.58.